The van der Waals surface area contributed by atoms with Crippen LogP contribution in [-0.4, -0.2) is 21.3 Å². The van der Waals surface area contributed by atoms with Crippen LogP contribution in [-0.2, 0) is 0 Å². The summed E-state index contributed by atoms with van der Waals surface area (Å²) in [6.45, 7) is 1.91. The molecule has 0 radical (unpaired) electrons. The highest BCUT2D eigenvalue weighted by molar-refractivity contribution is 5.64. The van der Waals surface area contributed by atoms with Gasteiger partial charge in [0, 0.05) is 23.0 Å². The summed E-state index contributed by atoms with van der Waals surface area (Å²) in [5, 5.41) is 25.8. The summed E-state index contributed by atoms with van der Waals surface area (Å²) in [4.78, 5) is 0. The minimum atomic E-state index is 0.0447. The van der Waals surface area contributed by atoms with Crippen LogP contribution in [0.5, 0.6) is 17.5 Å². The maximum atomic E-state index is 10.6. The summed E-state index contributed by atoms with van der Waals surface area (Å²) in [6, 6.07) is 5.27. The smallest absolute Gasteiger partial charge is 0.293 e. The molecule has 20 heavy (non-hydrogen) atoms. The Hall–Kier alpha value is -2.36. The first kappa shape index (κ1) is 10.4. The lowest BCUT2D eigenvalue weighted by Gasteiger charge is -2.12. The van der Waals surface area contributed by atoms with Gasteiger partial charge in [0.1, 0.15) is 5.75 Å². The van der Waals surface area contributed by atoms with Crippen molar-refractivity contribution in [1.82, 2.24) is 4.57 Å². The van der Waals surface area contributed by atoms with Gasteiger partial charge in [-0.05, 0) is 31.0 Å². The molecule has 0 amide bonds. The lowest BCUT2D eigenvalue weighted by atomic mass is 10.0. The van der Waals surface area contributed by atoms with Gasteiger partial charge < -0.3 is 15.3 Å². The first-order chi connectivity index (χ1) is 10.1. The normalized spacial score (nSPS) is 22.9. The SMILES string of the molecule is [2H]Oc1ccc(C)cc1-n1c(O)c2c(c1O)C1C=CC2C1. The second kappa shape index (κ2) is 3.60. The Bertz CT molecular complexity index is 743. The van der Waals surface area contributed by atoms with Gasteiger partial charge in [-0.1, -0.05) is 18.2 Å². The van der Waals surface area contributed by atoms with E-state index in [2.05, 4.69) is 17.3 Å². The highest BCUT2D eigenvalue weighted by atomic mass is 16.3. The van der Waals surface area contributed by atoms with Crippen LogP contribution in [0.15, 0.2) is 30.4 Å². The van der Waals surface area contributed by atoms with Gasteiger partial charge in [0.2, 0.25) is 11.8 Å². The number of fused-ring (bicyclic) bond motifs is 5. The molecule has 2 aliphatic carbocycles. The van der Waals surface area contributed by atoms with E-state index in [-0.39, 0.29) is 23.6 Å². The van der Waals surface area contributed by atoms with Crippen molar-refractivity contribution in [3.05, 3.63) is 47.0 Å². The maximum absolute atomic E-state index is 10.6. The van der Waals surface area contributed by atoms with Crippen molar-refractivity contribution < 1.29 is 15.3 Å². The second-order valence-corrected chi connectivity index (χ2v) is 5.61. The Kier molecular flexibility index (Phi) is 1.88. The van der Waals surface area contributed by atoms with Gasteiger partial charge in [0.25, 0.3) is 1.43 Å². The van der Waals surface area contributed by atoms with Crippen LogP contribution in [0.25, 0.3) is 5.69 Å². The molecule has 1 aromatic heterocycles. The van der Waals surface area contributed by atoms with Gasteiger partial charge in [-0.15, -0.1) is 0 Å². The van der Waals surface area contributed by atoms with Gasteiger partial charge in [-0.2, -0.15) is 0 Å². The third-order valence-electron chi connectivity index (χ3n) is 4.38. The molecule has 4 rings (SSSR count). The van der Waals surface area contributed by atoms with E-state index in [9.17, 15) is 10.2 Å². The number of phenols is 1. The second-order valence-electron chi connectivity index (χ2n) is 5.61. The van der Waals surface area contributed by atoms with E-state index in [0.29, 0.717) is 11.4 Å². The van der Waals surface area contributed by atoms with Crippen LogP contribution in [0.1, 0.15) is 34.9 Å². The molecule has 0 aliphatic heterocycles. The van der Waals surface area contributed by atoms with Crippen molar-refractivity contribution in [3.8, 4) is 23.2 Å². The van der Waals surface area contributed by atoms with Crippen molar-refractivity contribution in [1.29, 1.82) is 1.43 Å². The summed E-state index contributed by atoms with van der Waals surface area (Å²) in [5.41, 5.74) is 3.04. The number of nitrogens with zero attached hydrogens (tertiary/aromatic N) is 1. The fourth-order valence-corrected chi connectivity index (χ4v) is 3.47. The van der Waals surface area contributed by atoms with Gasteiger partial charge in [0.05, 0.1) is 5.69 Å². The summed E-state index contributed by atoms with van der Waals surface area (Å²) >= 11 is 0. The molecule has 102 valence electrons. The van der Waals surface area contributed by atoms with Crippen LogP contribution in [0.4, 0.5) is 0 Å². The molecule has 2 bridgehead atoms. The number of hydrogen-bond donors (Lipinski definition) is 3. The zero-order valence-electron chi connectivity index (χ0n) is 12.0. The van der Waals surface area contributed by atoms with Gasteiger partial charge in [-0.3, -0.25) is 0 Å². The molecule has 0 spiro atoms. The monoisotopic (exact) mass is 270 g/mol. The molecule has 4 nitrogen and oxygen atoms in total. The number of rotatable bonds is 2. The topological polar surface area (TPSA) is 65.6 Å². The largest absolute Gasteiger partial charge is 0.506 e. The van der Waals surface area contributed by atoms with Crippen molar-refractivity contribution >= 4 is 0 Å². The highest BCUT2D eigenvalue weighted by Crippen LogP contribution is 2.57. The first-order valence-electron chi connectivity index (χ1n) is 7.11. The molecular weight excluding hydrogens is 254 g/mol. The van der Waals surface area contributed by atoms with Gasteiger partial charge >= 0.3 is 0 Å². The third-order valence-corrected chi connectivity index (χ3v) is 4.38. The number of phenolic OH excluding ortho intramolecular Hbond substituents is 1. The molecule has 2 unspecified atom stereocenters. The van der Waals surface area contributed by atoms with Gasteiger partial charge in [0.15, 0.2) is 0 Å². The number of allylic oxidation sites excluding steroid dienone is 2. The van der Waals surface area contributed by atoms with Crippen molar-refractivity contribution in [2.24, 2.45) is 0 Å². The molecule has 0 saturated heterocycles. The van der Waals surface area contributed by atoms with Crippen LogP contribution in [0.3, 0.4) is 0 Å². The number of aryl methyl sites for hydroxylation is 1. The Morgan fingerprint density at radius 3 is 2.40 bits per heavy atom. The minimum absolute atomic E-state index is 0.0447. The molecule has 2 atom stereocenters. The molecule has 1 aromatic carbocycles. The molecule has 0 fully saturated rings. The van der Waals surface area contributed by atoms with Crippen molar-refractivity contribution in [3.63, 3.8) is 0 Å². The third kappa shape index (κ3) is 1.26. The Morgan fingerprint density at radius 1 is 1.15 bits per heavy atom. The summed E-state index contributed by atoms with van der Waals surface area (Å²) in [6.07, 6.45) is 5.07. The highest BCUT2D eigenvalue weighted by Gasteiger charge is 2.41. The molecule has 2 aliphatic rings. The number of aromatic hydroxyl groups is 3. The minimum Gasteiger partial charge on any atom is -0.506 e. The predicted molar refractivity (Wildman–Crippen MR) is 74.7 cm³/mol. The molecule has 0 saturated carbocycles. The summed E-state index contributed by atoms with van der Waals surface area (Å²) < 4.78 is 8.55. The Morgan fingerprint density at radius 2 is 1.80 bits per heavy atom. The first-order valence-corrected chi connectivity index (χ1v) is 6.70. The van der Waals surface area contributed by atoms with Crippen LogP contribution >= 0.6 is 0 Å². The van der Waals surface area contributed by atoms with Crippen LogP contribution in [0.2, 0.25) is 0 Å². The zero-order chi connectivity index (χ0) is 14.7. The standard InChI is InChI=1S/C16H15NO3/c1-8-2-5-12(18)11(6-8)17-15(19)13-9-3-4-10(7-9)14(13)16(17)20/h2-6,9-10,18-20H,7H2,1H3/i/hD. The van der Waals surface area contributed by atoms with Crippen LogP contribution in [0, 0.1) is 6.92 Å². The predicted octanol–water partition coefficient (Wildman–Crippen LogP) is 3.04. The molecular formula is C16H15NO3. The zero-order valence-corrected chi connectivity index (χ0v) is 11.0. The Balaban J connectivity index is 1.98. The fraction of sp³-hybridized carbons (Fsp3) is 0.250. The summed E-state index contributed by atoms with van der Waals surface area (Å²) in [7, 11) is 0. The molecule has 1 heterocycles. The average Bonchev–Trinajstić information content (AvgIpc) is 3.13. The quantitative estimate of drug-likeness (QED) is 0.735. The number of benzene rings is 1. The van der Waals surface area contributed by atoms with Crippen molar-refractivity contribution in [2.45, 2.75) is 25.2 Å². The lowest BCUT2D eigenvalue weighted by molar-refractivity contribution is 0.389. The average molecular weight is 270 g/mol. The van der Waals surface area contributed by atoms with E-state index >= 15 is 0 Å². The molecule has 3 N–H and O–H groups in total. The van der Waals surface area contributed by atoms with Crippen LogP contribution < -0.4 is 0 Å². The number of aromatic nitrogens is 1. The Labute approximate surface area is 117 Å². The van der Waals surface area contributed by atoms with E-state index in [1.54, 1.807) is 12.1 Å². The fourth-order valence-electron chi connectivity index (χ4n) is 3.47. The lowest BCUT2D eigenvalue weighted by Crippen LogP contribution is -1.96. The van der Waals surface area contributed by atoms with Gasteiger partial charge in [-0.25, -0.2) is 4.57 Å². The van der Waals surface area contributed by atoms with E-state index in [1.165, 1.54) is 4.57 Å². The van der Waals surface area contributed by atoms with E-state index < -0.39 is 0 Å². The van der Waals surface area contributed by atoms with E-state index in [4.69, 9.17) is 1.43 Å². The maximum Gasteiger partial charge on any atom is 0.293 e. The van der Waals surface area contributed by atoms with Crippen molar-refractivity contribution in [2.75, 3.05) is 0 Å². The number of hydrogen-bond acceptors (Lipinski definition) is 3. The summed E-state index contributed by atoms with van der Waals surface area (Å²) in [5.74, 6) is 0.719. The van der Waals surface area contributed by atoms with E-state index in [1.807, 2.05) is 13.0 Å². The molecule has 4 heteroatoms. The van der Waals surface area contributed by atoms with E-state index in [0.717, 1.165) is 23.1 Å². The molecule has 2 aromatic rings.